The van der Waals surface area contributed by atoms with Crippen LogP contribution in [0.1, 0.15) is 18.1 Å². The monoisotopic (exact) mass is 255 g/mol. The number of nitrogens with zero attached hydrogens (tertiary/aromatic N) is 1. The SMILES string of the molecule is CCOC(=O)Cc1cc(C#N)c(Cl)cc1S. The number of carbonyl (C=O) groups is 1. The molecule has 1 rings (SSSR count). The molecule has 0 aliphatic heterocycles. The first-order chi connectivity index (χ1) is 7.58. The molecule has 84 valence electrons. The van der Waals surface area contributed by atoms with Gasteiger partial charge < -0.3 is 4.74 Å². The fourth-order valence-electron chi connectivity index (χ4n) is 1.20. The molecule has 0 bridgehead atoms. The molecule has 1 aromatic rings. The molecular formula is C11H10ClNO2S. The summed E-state index contributed by atoms with van der Waals surface area (Å²) in [6.45, 7) is 2.07. The zero-order valence-electron chi connectivity index (χ0n) is 8.66. The first-order valence-electron chi connectivity index (χ1n) is 4.65. The van der Waals surface area contributed by atoms with Gasteiger partial charge in [0.1, 0.15) is 6.07 Å². The topological polar surface area (TPSA) is 50.1 Å². The molecule has 0 heterocycles. The summed E-state index contributed by atoms with van der Waals surface area (Å²) in [5.74, 6) is -0.344. The molecule has 5 heteroatoms. The molecule has 0 spiro atoms. The second-order valence-corrected chi connectivity index (χ2v) is 3.94. The molecule has 0 amide bonds. The van der Waals surface area contributed by atoms with Crippen molar-refractivity contribution in [1.82, 2.24) is 0 Å². The van der Waals surface area contributed by atoms with E-state index in [1.165, 1.54) is 0 Å². The molecule has 0 aromatic heterocycles. The predicted octanol–water partition coefficient (Wildman–Crippen LogP) is 2.61. The summed E-state index contributed by atoms with van der Waals surface area (Å²) in [6, 6.07) is 5.06. The van der Waals surface area contributed by atoms with Crippen LogP contribution in [0.15, 0.2) is 17.0 Å². The minimum Gasteiger partial charge on any atom is -0.466 e. The molecule has 0 fully saturated rings. The Morgan fingerprint density at radius 2 is 2.31 bits per heavy atom. The highest BCUT2D eigenvalue weighted by molar-refractivity contribution is 7.80. The second kappa shape index (κ2) is 5.78. The zero-order valence-corrected chi connectivity index (χ0v) is 10.3. The average Bonchev–Trinajstić information content (AvgIpc) is 2.22. The van der Waals surface area contributed by atoms with Crippen molar-refractivity contribution in [3.8, 4) is 6.07 Å². The van der Waals surface area contributed by atoms with Crippen molar-refractivity contribution in [1.29, 1.82) is 5.26 Å². The molecule has 0 saturated heterocycles. The van der Waals surface area contributed by atoms with E-state index in [2.05, 4.69) is 12.6 Å². The van der Waals surface area contributed by atoms with E-state index in [-0.39, 0.29) is 12.4 Å². The van der Waals surface area contributed by atoms with Gasteiger partial charge in [-0.25, -0.2) is 0 Å². The minimum absolute atomic E-state index is 0.0958. The molecule has 0 atom stereocenters. The van der Waals surface area contributed by atoms with Gasteiger partial charge in [0, 0.05) is 4.90 Å². The lowest BCUT2D eigenvalue weighted by Gasteiger charge is -2.06. The Morgan fingerprint density at radius 1 is 1.62 bits per heavy atom. The third-order valence-electron chi connectivity index (χ3n) is 1.93. The molecule has 16 heavy (non-hydrogen) atoms. The van der Waals surface area contributed by atoms with E-state index >= 15 is 0 Å². The van der Waals surface area contributed by atoms with Crippen molar-refractivity contribution < 1.29 is 9.53 Å². The van der Waals surface area contributed by atoms with E-state index in [0.717, 1.165) is 0 Å². The summed E-state index contributed by atoms with van der Waals surface area (Å²) in [7, 11) is 0. The van der Waals surface area contributed by atoms with Gasteiger partial charge in [0.05, 0.1) is 23.6 Å². The maximum Gasteiger partial charge on any atom is 0.310 e. The average molecular weight is 256 g/mol. The molecule has 0 unspecified atom stereocenters. The smallest absolute Gasteiger partial charge is 0.310 e. The molecule has 3 nitrogen and oxygen atoms in total. The first kappa shape index (κ1) is 12.9. The Labute approximate surface area is 104 Å². The van der Waals surface area contributed by atoms with Gasteiger partial charge in [0.15, 0.2) is 0 Å². The number of rotatable bonds is 3. The number of halogens is 1. The van der Waals surface area contributed by atoms with Crippen LogP contribution in [0.25, 0.3) is 0 Å². The lowest BCUT2D eigenvalue weighted by atomic mass is 10.1. The number of esters is 1. The van der Waals surface area contributed by atoms with Crippen LogP contribution in [0, 0.1) is 11.3 Å². The standard InChI is InChI=1S/C11H10ClNO2S/c1-2-15-11(14)4-7-3-8(6-13)9(12)5-10(7)16/h3,5,16H,2,4H2,1H3. The van der Waals surface area contributed by atoms with E-state index in [1.54, 1.807) is 19.1 Å². The maximum atomic E-state index is 11.3. The Balaban J connectivity index is 2.97. The number of carbonyl (C=O) groups excluding carboxylic acids is 1. The van der Waals surface area contributed by atoms with Crippen molar-refractivity contribution in [3.05, 3.63) is 28.3 Å². The number of hydrogen-bond donors (Lipinski definition) is 1. The molecular weight excluding hydrogens is 246 g/mol. The van der Waals surface area contributed by atoms with Gasteiger partial charge in [-0.2, -0.15) is 5.26 Å². The van der Waals surface area contributed by atoms with Gasteiger partial charge in [-0.15, -0.1) is 12.6 Å². The van der Waals surface area contributed by atoms with Crippen LogP contribution in [0.4, 0.5) is 0 Å². The van der Waals surface area contributed by atoms with Gasteiger partial charge >= 0.3 is 5.97 Å². The quantitative estimate of drug-likeness (QED) is 0.667. The molecule has 1 aromatic carbocycles. The Morgan fingerprint density at radius 3 is 2.88 bits per heavy atom. The fourth-order valence-corrected chi connectivity index (χ4v) is 1.76. The maximum absolute atomic E-state index is 11.3. The summed E-state index contributed by atoms with van der Waals surface area (Å²) in [4.78, 5) is 11.9. The summed E-state index contributed by atoms with van der Waals surface area (Å²) >= 11 is 10.0. The van der Waals surface area contributed by atoms with Crippen LogP contribution in [0.3, 0.4) is 0 Å². The van der Waals surface area contributed by atoms with E-state index < -0.39 is 0 Å². The molecule has 0 aliphatic rings. The van der Waals surface area contributed by atoms with Crippen LogP contribution in [-0.4, -0.2) is 12.6 Å². The minimum atomic E-state index is -0.344. The molecule has 0 saturated carbocycles. The fraction of sp³-hybridized carbons (Fsp3) is 0.273. The largest absolute Gasteiger partial charge is 0.466 e. The van der Waals surface area contributed by atoms with Crippen molar-refractivity contribution in [3.63, 3.8) is 0 Å². The van der Waals surface area contributed by atoms with Crippen molar-refractivity contribution in [2.75, 3.05) is 6.61 Å². The number of nitriles is 1. The number of benzene rings is 1. The highest BCUT2D eigenvalue weighted by atomic mass is 35.5. The summed E-state index contributed by atoms with van der Waals surface area (Å²) in [5.41, 5.74) is 0.974. The lowest BCUT2D eigenvalue weighted by molar-refractivity contribution is -0.142. The van der Waals surface area contributed by atoms with Crippen LogP contribution in [0.2, 0.25) is 5.02 Å². The van der Waals surface area contributed by atoms with Gasteiger partial charge in [-0.1, -0.05) is 11.6 Å². The number of thiol groups is 1. The van der Waals surface area contributed by atoms with Crippen molar-refractivity contribution >= 4 is 30.2 Å². The van der Waals surface area contributed by atoms with E-state index in [1.807, 2.05) is 6.07 Å². The Hall–Kier alpha value is -1.18. The zero-order chi connectivity index (χ0) is 12.1. The van der Waals surface area contributed by atoms with E-state index in [9.17, 15) is 4.79 Å². The van der Waals surface area contributed by atoms with Crippen LogP contribution in [0.5, 0.6) is 0 Å². The van der Waals surface area contributed by atoms with Gasteiger partial charge in [-0.05, 0) is 24.6 Å². The highest BCUT2D eigenvalue weighted by Crippen LogP contribution is 2.24. The second-order valence-electron chi connectivity index (χ2n) is 3.05. The van der Waals surface area contributed by atoms with Gasteiger partial charge in [-0.3, -0.25) is 4.79 Å². The summed E-state index contributed by atoms with van der Waals surface area (Å²) in [6.07, 6.45) is 0.0958. The van der Waals surface area contributed by atoms with Crippen LogP contribution < -0.4 is 0 Å². The van der Waals surface area contributed by atoms with Crippen molar-refractivity contribution in [2.24, 2.45) is 0 Å². The summed E-state index contributed by atoms with van der Waals surface area (Å²) < 4.78 is 4.82. The molecule has 0 N–H and O–H groups in total. The molecule has 0 aliphatic carbocycles. The third kappa shape index (κ3) is 3.16. The van der Waals surface area contributed by atoms with Crippen molar-refractivity contribution in [2.45, 2.75) is 18.2 Å². The number of hydrogen-bond acceptors (Lipinski definition) is 4. The van der Waals surface area contributed by atoms with Crippen LogP contribution >= 0.6 is 24.2 Å². The summed E-state index contributed by atoms with van der Waals surface area (Å²) in [5, 5.41) is 9.13. The normalized spacial score (nSPS) is 9.62. The lowest BCUT2D eigenvalue weighted by Crippen LogP contribution is -2.08. The van der Waals surface area contributed by atoms with Crippen LogP contribution in [-0.2, 0) is 16.0 Å². The Kier molecular flexibility index (Phi) is 4.66. The molecule has 0 radical (unpaired) electrons. The highest BCUT2D eigenvalue weighted by Gasteiger charge is 2.10. The van der Waals surface area contributed by atoms with Gasteiger partial charge in [0.2, 0.25) is 0 Å². The van der Waals surface area contributed by atoms with Gasteiger partial charge in [0.25, 0.3) is 0 Å². The van der Waals surface area contributed by atoms with E-state index in [4.69, 9.17) is 21.6 Å². The van der Waals surface area contributed by atoms with E-state index in [0.29, 0.717) is 27.7 Å². The number of ether oxygens (including phenoxy) is 1. The predicted molar refractivity (Wildman–Crippen MR) is 63.8 cm³/mol. The first-order valence-corrected chi connectivity index (χ1v) is 5.48. The Bertz CT molecular complexity index is 454. The third-order valence-corrected chi connectivity index (χ3v) is 2.66.